The van der Waals surface area contributed by atoms with Gasteiger partial charge in [0, 0.05) is 24.8 Å². The number of rotatable bonds is 5. The summed E-state index contributed by atoms with van der Waals surface area (Å²) in [5, 5.41) is 13.4. The Morgan fingerprint density at radius 1 is 1.35 bits per heavy atom. The maximum atomic E-state index is 12.4. The summed E-state index contributed by atoms with van der Waals surface area (Å²) in [4.78, 5) is 14.0. The molecule has 1 aromatic heterocycles. The molecule has 0 saturated carbocycles. The Morgan fingerprint density at radius 2 is 2.00 bits per heavy atom. The second kappa shape index (κ2) is 7.10. The van der Waals surface area contributed by atoms with Gasteiger partial charge in [-0.1, -0.05) is 18.2 Å². The summed E-state index contributed by atoms with van der Waals surface area (Å²) in [5.74, 6) is -0.163. The molecule has 0 spiro atoms. The van der Waals surface area contributed by atoms with Gasteiger partial charge in [-0.3, -0.25) is 4.79 Å². The highest BCUT2D eigenvalue weighted by Crippen LogP contribution is 2.19. The van der Waals surface area contributed by atoms with Crippen molar-refractivity contribution in [2.75, 3.05) is 13.6 Å². The van der Waals surface area contributed by atoms with Crippen molar-refractivity contribution in [1.29, 1.82) is 5.26 Å². The summed E-state index contributed by atoms with van der Waals surface area (Å²) < 4.78 is 1.87. The summed E-state index contributed by atoms with van der Waals surface area (Å²) in [7, 11) is 1.74. The Bertz CT molecular complexity index is 727. The average molecular weight is 310 g/mol. The van der Waals surface area contributed by atoms with E-state index in [1.54, 1.807) is 11.9 Å². The van der Waals surface area contributed by atoms with Gasteiger partial charge in [0.1, 0.15) is 0 Å². The lowest BCUT2D eigenvalue weighted by Crippen LogP contribution is -2.32. The van der Waals surface area contributed by atoms with E-state index in [1.165, 1.54) is 0 Å². The highest BCUT2D eigenvalue weighted by Gasteiger charge is 2.19. The molecule has 2 rings (SSSR count). The van der Waals surface area contributed by atoms with Gasteiger partial charge < -0.3 is 4.90 Å². The first-order chi connectivity index (χ1) is 10.9. The van der Waals surface area contributed by atoms with Crippen molar-refractivity contribution in [3.05, 3.63) is 47.3 Å². The van der Waals surface area contributed by atoms with E-state index >= 15 is 0 Å². The molecule has 23 heavy (non-hydrogen) atoms. The van der Waals surface area contributed by atoms with Crippen molar-refractivity contribution in [2.45, 2.75) is 27.2 Å². The molecule has 1 amide bonds. The number of benzene rings is 1. The number of aryl methyl sites for hydroxylation is 1. The molecule has 0 N–H and O–H groups in total. The van der Waals surface area contributed by atoms with Gasteiger partial charge in [0.25, 0.3) is 0 Å². The summed E-state index contributed by atoms with van der Waals surface area (Å²) in [6.07, 6.45) is 0.305. The lowest BCUT2D eigenvalue weighted by atomic mass is 10.1. The van der Waals surface area contributed by atoms with E-state index in [2.05, 4.69) is 11.2 Å². The van der Waals surface area contributed by atoms with Crippen LogP contribution in [-0.4, -0.2) is 34.2 Å². The van der Waals surface area contributed by atoms with Gasteiger partial charge >= 0.3 is 0 Å². The fourth-order valence-electron chi connectivity index (χ4n) is 2.59. The molecule has 5 heteroatoms. The fraction of sp³-hybridized carbons (Fsp3) is 0.389. The predicted octanol–water partition coefficient (Wildman–Crippen LogP) is 2.65. The van der Waals surface area contributed by atoms with Crippen LogP contribution >= 0.6 is 0 Å². The minimum Gasteiger partial charge on any atom is -0.344 e. The Hall–Kier alpha value is -2.61. The molecule has 0 aliphatic carbocycles. The molecule has 1 atom stereocenters. The molecule has 5 nitrogen and oxygen atoms in total. The minimum absolute atomic E-state index is 0.00547. The lowest BCUT2D eigenvalue weighted by molar-refractivity contribution is -0.129. The van der Waals surface area contributed by atoms with Crippen LogP contribution in [0.25, 0.3) is 5.69 Å². The molecule has 0 radical (unpaired) electrons. The van der Waals surface area contributed by atoms with Crippen LogP contribution < -0.4 is 0 Å². The predicted molar refractivity (Wildman–Crippen MR) is 89.2 cm³/mol. The van der Waals surface area contributed by atoms with Crippen LogP contribution in [0.1, 0.15) is 23.9 Å². The van der Waals surface area contributed by atoms with E-state index in [1.807, 2.05) is 55.8 Å². The fourth-order valence-corrected chi connectivity index (χ4v) is 2.59. The Morgan fingerprint density at radius 3 is 2.61 bits per heavy atom. The van der Waals surface area contributed by atoms with Crippen LogP contribution in [0.4, 0.5) is 0 Å². The highest BCUT2D eigenvalue weighted by atomic mass is 16.2. The molecule has 0 aliphatic rings. The summed E-state index contributed by atoms with van der Waals surface area (Å²) in [5.41, 5.74) is 3.78. The maximum Gasteiger partial charge on any atom is 0.226 e. The van der Waals surface area contributed by atoms with E-state index < -0.39 is 0 Å². The largest absolute Gasteiger partial charge is 0.344 e. The van der Waals surface area contributed by atoms with Crippen molar-refractivity contribution in [1.82, 2.24) is 14.7 Å². The van der Waals surface area contributed by atoms with Crippen LogP contribution in [0.5, 0.6) is 0 Å². The molecule has 0 aliphatic heterocycles. The molecular formula is C18H22N4O. The van der Waals surface area contributed by atoms with Crippen molar-refractivity contribution >= 4 is 5.91 Å². The first-order valence-electron chi connectivity index (χ1n) is 7.68. The molecule has 2 aromatic rings. The van der Waals surface area contributed by atoms with Crippen molar-refractivity contribution in [3.63, 3.8) is 0 Å². The topological polar surface area (TPSA) is 61.9 Å². The zero-order valence-electron chi connectivity index (χ0n) is 14.1. The van der Waals surface area contributed by atoms with E-state index in [0.29, 0.717) is 13.0 Å². The number of carbonyl (C=O) groups excluding carboxylic acids is 1. The molecular weight excluding hydrogens is 288 g/mol. The smallest absolute Gasteiger partial charge is 0.226 e. The SMILES string of the molecule is Cc1nn(-c2ccccc2)c(C)c1CC(=O)N(C)C[C@H](C)C#N. The van der Waals surface area contributed by atoms with Crippen LogP contribution in [0.15, 0.2) is 30.3 Å². The summed E-state index contributed by atoms with van der Waals surface area (Å²) >= 11 is 0. The van der Waals surface area contributed by atoms with Gasteiger partial charge in [0.2, 0.25) is 5.91 Å². The van der Waals surface area contributed by atoms with Crippen LogP contribution in [0.2, 0.25) is 0 Å². The number of likely N-dealkylation sites (N-methyl/N-ethyl adjacent to an activating group) is 1. The van der Waals surface area contributed by atoms with Crippen LogP contribution in [-0.2, 0) is 11.2 Å². The zero-order valence-corrected chi connectivity index (χ0v) is 14.1. The van der Waals surface area contributed by atoms with Crippen molar-refractivity contribution in [3.8, 4) is 11.8 Å². The number of nitriles is 1. The van der Waals surface area contributed by atoms with Crippen LogP contribution in [0.3, 0.4) is 0 Å². The van der Waals surface area contributed by atoms with Gasteiger partial charge in [0.15, 0.2) is 0 Å². The Kier molecular flexibility index (Phi) is 5.17. The first kappa shape index (κ1) is 16.8. The first-order valence-corrected chi connectivity index (χ1v) is 7.68. The number of nitrogens with zero attached hydrogens (tertiary/aromatic N) is 4. The van der Waals surface area contributed by atoms with E-state index in [0.717, 1.165) is 22.6 Å². The number of hydrogen-bond acceptors (Lipinski definition) is 3. The molecule has 0 unspecified atom stereocenters. The second-order valence-corrected chi connectivity index (χ2v) is 5.88. The molecule has 1 aromatic carbocycles. The van der Waals surface area contributed by atoms with Gasteiger partial charge in [0.05, 0.1) is 29.8 Å². The molecule has 0 saturated heterocycles. The van der Waals surface area contributed by atoms with Gasteiger partial charge in [-0.25, -0.2) is 4.68 Å². The third-order valence-corrected chi connectivity index (χ3v) is 3.96. The molecule has 120 valence electrons. The normalized spacial score (nSPS) is 11.8. The molecule has 0 fully saturated rings. The maximum absolute atomic E-state index is 12.4. The minimum atomic E-state index is -0.168. The Labute approximate surface area is 137 Å². The van der Waals surface area contributed by atoms with Crippen LogP contribution in [0, 0.1) is 31.1 Å². The van der Waals surface area contributed by atoms with Crippen molar-refractivity contribution < 1.29 is 4.79 Å². The number of amides is 1. The molecule has 1 heterocycles. The summed E-state index contributed by atoms with van der Waals surface area (Å²) in [6.45, 7) is 6.16. The Balaban J connectivity index is 2.20. The number of carbonyl (C=O) groups is 1. The molecule has 0 bridgehead atoms. The number of aromatic nitrogens is 2. The zero-order chi connectivity index (χ0) is 17.0. The van der Waals surface area contributed by atoms with E-state index in [-0.39, 0.29) is 11.8 Å². The number of hydrogen-bond donors (Lipinski definition) is 0. The monoisotopic (exact) mass is 310 g/mol. The van der Waals surface area contributed by atoms with E-state index in [9.17, 15) is 4.79 Å². The van der Waals surface area contributed by atoms with Gasteiger partial charge in [-0.05, 0) is 32.9 Å². The quantitative estimate of drug-likeness (QED) is 0.853. The van der Waals surface area contributed by atoms with Gasteiger partial charge in [-0.2, -0.15) is 10.4 Å². The third-order valence-electron chi connectivity index (χ3n) is 3.96. The van der Waals surface area contributed by atoms with Crippen molar-refractivity contribution in [2.24, 2.45) is 5.92 Å². The van der Waals surface area contributed by atoms with Gasteiger partial charge in [-0.15, -0.1) is 0 Å². The summed E-state index contributed by atoms with van der Waals surface area (Å²) in [6, 6.07) is 12.0. The average Bonchev–Trinajstić information content (AvgIpc) is 2.83. The second-order valence-electron chi connectivity index (χ2n) is 5.88. The number of para-hydroxylation sites is 1. The van der Waals surface area contributed by atoms with E-state index in [4.69, 9.17) is 5.26 Å². The highest BCUT2D eigenvalue weighted by molar-refractivity contribution is 5.79. The lowest BCUT2D eigenvalue weighted by Gasteiger charge is -2.18. The third kappa shape index (κ3) is 3.78. The standard InChI is InChI=1S/C18H22N4O/c1-13(11-19)12-21(4)18(23)10-17-14(2)20-22(15(17)3)16-8-6-5-7-9-16/h5-9,13H,10,12H2,1-4H3/t13-/m1/s1.